The minimum absolute atomic E-state index is 0.119. The Morgan fingerprint density at radius 3 is 2.55 bits per heavy atom. The molecule has 0 saturated carbocycles. The summed E-state index contributed by atoms with van der Waals surface area (Å²) in [6.45, 7) is 2.95. The molecule has 4 aliphatic heterocycles. The summed E-state index contributed by atoms with van der Waals surface area (Å²) in [7, 11) is 0. The van der Waals surface area contributed by atoms with Gasteiger partial charge in [0, 0.05) is 24.4 Å². The maximum atomic E-state index is 12.2. The number of rotatable bonds is 3. The Balaban J connectivity index is 1.49. The monoisotopic (exact) mass is 417 g/mol. The van der Waals surface area contributed by atoms with Crippen LogP contribution in [0.1, 0.15) is 36.1 Å². The van der Waals surface area contributed by atoms with Crippen LogP contribution < -0.4 is 4.90 Å². The van der Waals surface area contributed by atoms with Crippen LogP contribution in [-0.2, 0) is 11.2 Å². The van der Waals surface area contributed by atoms with E-state index in [4.69, 9.17) is 4.98 Å². The normalized spacial score (nSPS) is 29.7. The number of nitrogens with zero attached hydrogens (tertiary/aromatic N) is 3. The predicted octanol–water partition coefficient (Wildman–Crippen LogP) is 1.58. The first-order valence-corrected chi connectivity index (χ1v) is 11.0. The van der Waals surface area contributed by atoms with Gasteiger partial charge in [0.05, 0.1) is 24.8 Å². The molecule has 160 valence electrons. The van der Waals surface area contributed by atoms with E-state index in [2.05, 4.69) is 16.7 Å². The second kappa shape index (κ2) is 8.08. The maximum absolute atomic E-state index is 12.2. The van der Waals surface area contributed by atoms with E-state index in [0.717, 1.165) is 42.8 Å². The number of β-amino-alcohol motifs (C(OH)–C–C–N with tert-alkyl or cyclic N) is 1. The summed E-state index contributed by atoms with van der Waals surface area (Å²) < 4.78 is 0. The van der Waals surface area contributed by atoms with Gasteiger partial charge in [-0.2, -0.15) is 0 Å². The van der Waals surface area contributed by atoms with E-state index in [-0.39, 0.29) is 24.8 Å². The number of carbonyl (C=O) groups excluding carboxylic acids is 1. The fraction of sp³-hybridized carbons (Fsp3) is 0.440. The van der Waals surface area contributed by atoms with Crippen LogP contribution >= 0.6 is 0 Å². The highest BCUT2D eigenvalue weighted by Crippen LogP contribution is 2.35. The van der Waals surface area contributed by atoms with E-state index in [0.29, 0.717) is 18.8 Å². The van der Waals surface area contributed by atoms with Crippen LogP contribution in [-0.4, -0.2) is 63.9 Å². The average Bonchev–Trinajstić information content (AvgIpc) is 3.12. The highest BCUT2D eigenvalue weighted by Gasteiger charge is 2.44. The third-order valence-corrected chi connectivity index (χ3v) is 6.70. The van der Waals surface area contributed by atoms with Gasteiger partial charge in [0.15, 0.2) is 0 Å². The Bertz CT molecular complexity index is 1040. The molecule has 1 amide bonds. The first-order valence-electron chi connectivity index (χ1n) is 11.0. The van der Waals surface area contributed by atoms with E-state index in [1.807, 2.05) is 36.4 Å². The molecule has 0 radical (unpaired) electrons. The van der Waals surface area contributed by atoms with Crippen LogP contribution in [0.15, 0.2) is 42.5 Å². The molecule has 0 aliphatic carbocycles. The minimum Gasteiger partial charge on any atom is -0.391 e. The number of hydrogen-bond acceptors (Lipinski definition) is 5. The van der Waals surface area contributed by atoms with Gasteiger partial charge in [0.1, 0.15) is 11.4 Å². The van der Waals surface area contributed by atoms with Crippen LogP contribution in [0.3, 0.4) is 0 Å². The molecule has 6 nitrogen and oxygen atoms in total. The highest BCUT2D eigenvalue weighted by atomic mass is 16.3. The molecule has 4 saturated heterocycles. The fourth-order valence-corrected chi connectivity index (χ4v) is 4.94. The van der Waals surface area contributed by atoms with E-state index < -0.39 is 11.7 Å². The first kappa shape index (κ1) is 20.2. The van der Waals surface area contributed by atoms with Crippen molar-refractivity contribution >= 4 is 11.7 Å². The third-order valence-electron chi connectivity index (χ3n) is 6.70. The molecule has 2 N–H and O–H groups in total. The van der Waals surface area contributed by atoms with Crippen molar-refractivity contribution in [3.63, 3.8) is 0 Å². The van der Waals surface area contributed by atoms with Crippen molar-refractivity contribution in [3.8, 4) is 11.8 Å². The zero-order valence-corrected chi connectivity index (χ0v) is 17.5. The molecule has 0 unspecified atom stereocenters. The van der Waals surface area contributed by atoms with Gasteiger partial charge in [0.2, 0.25) is 5.91 Å². The lowest BCUT2D eigenvalue weighted by Crippen LogP contribution is -2.58. The summed E-state index contributed by atoms with van der Waals surface area (Å²) in [6.07, 6.45) is 2.02. The van der Waals surface area contributed by atoms with E-state index >= 15 is 0 Å². The van der Waals surface area contributed by atoms with Gasteiger partial charge in [-0.15, -0.1) is 0 Å². The molecule has 1 aromatic carbocycles. The van der Waals surface area contributed by atoms with Gasteiger partial charge in [-0.1, -0.05) is 42.2 Å². The van der Waals surface area contributed by atoms with Crippen LogP contribution in [0.25, 0.3) is 0 Å². The second-order valence-electron chi connectivity index (χ2n) is 8.91. The first-order chi connectivity index (χ1) is 15.0. The Morgan fingerprint density at radius 2 is 1.90 bits per heavy atom. The number of carbonyl (C=O) groups is 1. The molecule has 0 spiro atoms. The number of fused-ring (bicyclic) bond motifs is 3. The second-order valence-corrected chi connectivity index (χ2v) is 8.91. The van der Waals surface area contributed by atoms with Crippen molar-refractivity contribution in [2.24, 2.45) is 5.92 Å². The topological polar surface area (TPSA) is 76.9 Å². The summed E-state index contributed by atoms with van der Waals surface area (Å²) in [5, 5.41) is 21.0. The lowest BCUT2D eigenvalue weighted by atomic mass is 9.75. The van der Waals surface area contributed by atoms with Crippen LogP contribution in [0.5, 0.6) is 0 Å². The number of pyridine rings is 1. The molecule has 6 rings (SSSR count). The smallest absolute Gasteiger partial charge is 0.230 e. The Morgan fingerprint density at radius 1 is 1.13 bits per heavy atom. The molecular weight excluding hydrogens is 390 g/mol. The van der Waals surface area contributed by atoms with Crippen molar-refractivity contribution in [1.82, 2.24) is 9.88 Å². The largest absolute Gasteiger partial charge is 0.391 e. The number of hydrogen-bond donors (Lipinski definition) is 2. The van der Waals surface area contributed by atoms with Crippen LogP contribution in [0, 0.1) is 17.8 Å². The Hall–Kier alpha value is -2.72. The zero-order chi connectivity index (χ0) is 21.4. The highest BCUT2D eigenvalue weighted by molar-refractivity contribution is 5.95. The lowest BCUT2D eigenvalue weighted by Gasteiger charge is -2.47. The van der Waals surface area contributed by atoms with Crippen molar-refractivity contribution in [1.29, 1.82) is 0 Å². The van der Waals surface area contributed by atoms with Gasteiger partial charge in [-0.25, -0.2) is 4.98 Å². The minimum atomic E-state index is -0.978. The van der Waals surface area contributed by atoms with Gasteiger partial charge in [-0.3, -0.25) is 14.6 Å². The number of piperidine rings is 3. The molecule has 2 bridgehead atoms. The van der Waals surface area contributed by atoms with Gasteiger partial charge >= 0.3 is 0 Å². The number of aromatic nitrogens is 1. The van der Waals surface area contributed by atoms with Crippen molar-refractivity contribution < 1.29 is 15.0 Å². The molecule has 4 aliphatic rings. The number of benzene rings is 1. The van der Waals surface area contributed by atoms with Gasteiger partial charge < -0.3 is 10.2 Å². The third kappa shape index (κ3) is 4.09. The van der Waals surface area contributed by atoms with Gasteiger partial charge in [-0.05, 0) is 43.6 Å². The van der Waals surface area contributed by atoms with Crippen molar-refractivity contribution in [2.75, 3.05) is 31.1 Å². The zero-order valence-electron chi connectivity index (χ0n) is 17.5. The summed E-state index contributed by atoms with van der Waals surface area (Å²) in [5.41, 5.74) is 1.67. The molecule has 1 aromatic heterocycles. The number of amides is 1. The Labute approximate surface area is 182 Å². The van der Waals surface area contributed by atoms with Gasteiger partial charge in [0.25, 0.3) is 0 Å². The van der Waals surface area contributed by atoms with Crippen molar-refractivity contribution in [3.05, 3.63) is 59.3 Å². The molecule has 2 atom stereocenters. The van der Waals surface area contributed by atoms with E-state index in [1.165, 1.54) is 4.90 Å². The summed E-state index contributed by atoms with van der Waals surface area (Å²) >= 11 is 0. The molecule has 2 aromatic rings. The maximum Gasteiger partial charge on any atom is 0.230 e. The van der Waals surface area contributed by atoms with Crippen molar-refractivity contribution in [2.45, 2.75) is 37.4 Å². The molecule has 4 fully saturated rings. The number of aliphatic hydroxyl groups is 2. The SMILES string of the molecule is O=C1C[C@H](O)CN1c1ccc(C#C[C@@]2(O)CN3CCC2CC3)c(Cc2ccccc2)n1. The number of anilines is 1. The molecular formula is C25H27N3O3. The number of aliphatic hydroxyl groups excluding tert-OH is 1. The van der Waals surface area contributed by atoms with Crippen LogP contribution in [0.2, 0.25) is 0 Å². The van der Waals surface area contributed by atoms with E-state index in [9.17, 15) is 15.0 Å². The molecule has 6 heteroatoms. The quantitative estimate of drug-likeness (QED) is 0.742. The summed E-state index contributed by atoms with van der Waals surface area (Å²) in [4.78, 5) is 20.8. The van der Waals surface area contributed by atoms with E-state index in [1.54, 1.807) is 6.07 Å². The summed E-state index contributed by atoms with van der Waals surface area (Å²) in [5.74, 6) is 7.05. The summed E-state index contributed by atoms with van der Waals surface area (Å²) in [6, 6.07) is 13.7. The average molecular weight is 418 g/mol. The Kier molecular flexibility index (Phi) is 5.27. The predicted molar refractivity (Wildman–Crippen MR) is 117 cm³/mol. The molecule has 31 heavy (non-hydrogen) atoms. The standard InChI is InChI=1S/C25H27N3O3/c29-21-15-24(30)28(16-21)23-7-6-19(22(26-23)14-18-4-2-1-3-5-18)8-11-25(31)17-27-12-9-20(25)10-13-27/h1-7,20-21,29,31H,9-10,12-17H2/t21-,25+/m0/s1. The fourth-order valence-electron chi connectivity index (χ4n) is 4.94. The van der Waals surface area contributed by atoms with Crippen LogP contribution in [0.4, 0.5) is 5.82 Å². The molecule has 5 heterocycles. The lowest BCUT2D eigenvalue weighted by molar-refractivity contribution is -0.117.